The van der Waals surface area contributed by atoms with Gasteiger partial charge in [0.05, 0.1) is 12.2 Å². The summed E-state index contributed by atoms with van der Waals surface area (Å²) in [5.41, 5.74) is 0.901. The van der Waals surface area contributed by atoms with Gasteiger partial charge in [0.15, 0.2) is 5.96 Å². The third-order valence-corrected chi connectivity index (χ3v) is 4.28. The monoisotopic (exact) mass is 488 g/mol. The van der Waals surface area contributed by atoms with Crippen LogP contribution in [-0.4, -0.2) is 42.1 Å². The average molecular weight is 488 g/mol. The fourth-order valence-corrected chi connectivity index (χ4v) is 3.04. The Morgan fingerprint density at radius 3 is 2.70 bits per heavy atom. The van der Waals surface area contributed by atoms with Gasteiger partial charge in [0.1, 0.15) is 23.1 Å². The van der Waals surface area contributed by atoms with Crippen LogP contribution in [0.15, 0.2) is 35.5 Å². The summed E-state index contributed by atoms with van der Waals surface area (Å²) in [7, 11) is 1.68. The minimum atomic E-state index is -0.535. The molecule has 2 N–H and O–H groups in total. The normalized spacial score (nSPS) is 16.8. The van der Waals surface area contributed by atoms with E-state index in [4.69, 9.17) is 0 Å². The van der Waals surface area contributed by atoms with Crippen molar-refractivity contribution in [2.24, 2.45) is 4.99 Å². The van der Waals surface area contributed by atoms with Crippen LogP contribution >= 0.6 is 24.0 Å². The van der Waals surface area contributed by atoms with Crippen LogP contribution in [0.3, 0.4) is 0 Å². The molecule has 1 atom stereocenters. The molecule has 1 aromatic heterocycles. The number of hydrogen-bond acceptors (Lipinski definition) is 4. The number of hydrogen-bond donors (Lipinski definition) is 2. The van der Waals surface area contributed by atoms with Crippen molar-refractivity contribution in [2.75, 3.05) is 25.0 Å². The van der Waals surface area contributed by atoms with E-state index in [1.54, 1.807) is 18.1 Å². The van der Waals surface area contributed by atoms with E-state index >= 15 is 0 Å². The molecular weight excluding hydrogens is 465 g/mol. The molecule has 1 saturated heterocycles. The number of para-hydroxylation sites is 1. The molecule has 3 rings (SSSR count). The number of anilines is 1. The first-order valence-corrected chi connectivity index (χ1v) is 8.51. The van der Waals surface area contributed by atoms with Crippen LogP contribution in [-0.2, 0) is 6.54 Å². The summed E-state index contributed by atoms with van der Waals surface area (Å²) >= 11 is 0. The first-order valence-electron chi connectivity index (χ1n) is 8.51. The number of nitrogens with zero attached hydrogens (tertiary/aromatic N) is 4. The molecule has 0 amide bonds. The van der Waals surface area contributed by atoms with Crippen LogP contribution in [0.2, 0.25) is 0 Å². The lowest BCUT2D eigenvalue weighted by Crippen LogP contribution is -2.44. The Hall–Kier alpha value is -2.04. The number of aromatic nitrogens is 2. The zero-order valence-corrected chi connectivity index (χ0v) is 17.6. The third-order valence-electron chi connectivity index (χ3n) is 4.28. The van der Waals surface area contributed by atoms with E-state index in [0.717, 1.165) is 12.1 Å². The second-order valence-electron chi connectivity index (χ2n) is 6.17. The van der Waals surface area contributed by atoms with Crippen molar-refractivity contribution in [3.05, 3.63) is 53.6 Å². The van der Waals surface area contributed by atoms with E-state index < -0.39 is 11.6 Å². The Labute approximate surface area is 174 Å². The number of aryl methyl sites for hydroxylation is 1. The largest absolute Gasteiger partial charge is 0.365 e. The maximum atomic E-state index is 13.9. The lowest BCUT2D eigenvalue weighted by Gasteiger charge is -2.21. The molecule has 1 aliphatic rings. The molecule has 2 aromatic rings. The van der Waals surface area contributed by atoms with Crippen LogP contribution in [0.1, 0.15) is 17.9 Å². The molecule has 0 saturated carbocycles. The Morgan fingerprint density at radius 2 is 2.04 bits per heavy atom. The molecule has 9 heteroatoms. The number of guanidine groups is 1. The lowest BCUT2D eigenvalue weighted by atomic mass is 10.2. The van der Waals surface area contributed by atoms with Gasteiger partial charge in [0.25, 0.3) is 0 Å². The topological polar surface area (TPSA) is 65.4 Å². The summed E-state index contributed by atoms with van der Waals surface area (Å²) in [5, 5.41) is 6.50. The van der Waals surface area contributed by atoms with Crippen LogP contribution < -0.4 is 15.5 Å². The molecule has 1 fully saturated rings. The number of halogens is 3. The fraction of sp³-hybridized carbons (Fsp3) is 0.389. The summed E-state index contributed by atoms with van der Waals surface area (Å²) in [5.74, 6) is 0.271. The quantitative estimate of drug-likeness (QED) is 0.394. The highest BCUT2D eigenvalue weighted by Gasteiger charge is 2.27. The molecule has 2 heterocycles. The number of aliphatic imine (C=N–C) groups is 1. The van der Waals surface area contributed by atoms with Gasteiger partial charge >= 0.3 is 0 Å². The van der Waals surface area contributed by atoms with Crippen LogP contribution in [0.5, 0.6) is 0 Å². The zero-order chi connectivity index (χ0) is 18.5. The van der Waals surface area contributed by atoms with E-state index in [1.807, 2.05) is 13.0 Å². The first-order chi connectivity index (χ1) is 12.6. The summed E-state index contributed by atoms with van der Waals surface area (Å²) < 4.78 is 27.9. The highest BCUT2D eigenvalue weighted by atomic mass is 127. The third kappa shape index (κ3) is 5.47. The summed E-state index contributed by atoms with van der Waals surface area (Å²) in [6.45, 7) is 3.44. The van der Waals surface area contributed by atoms with Crippen LogP contribution in [0.25, 0.3) is 0 Å². The molecule has 0 spiro atoms. The van der Waals surface area contributed by atoms with Crippen molar-refractivity contribution in [2.45, 2.75) is 25.9 Å². The van der Waals surface area contributed by atoms with Crippen molar-refractivity contribution in [3.8, 4) is 0 Å². The van der Waals surface area contributed by atoms with E-state index in [9.17, 15) is 8.78 Å². The van der Waals surface area contributed by atoms with Crippen molar-refractivity contribution >= 4 is 35.6 Å². The van der Waals surface area contributed by atoms with Crippen molar-refractivity contribution in [3.63, 3.8) is 0 Å². The van der Waals surface area contributed by atoms with Crippen LogP contribution in [0, 0.1) is 18.6 Å². The molecule has 6 nitrogen and oxygen atoms in total. The van der Waals surface area contributed by atoms with Crippen molar-refractivity contribution < 1.29 is 8.78 Å². The molecular formula is C18H23F2IN6. The summed E-state index contributed by atoms with van der Waals surface area (Å²) in [6, 6.07) is 5.83. The highest BCUT2D eigenvalue weighted by molar-refractivity contribution is 14.0. The zero-order valence-electron chi connectivity index (χ0n) is 15.2. The van der Waals surface area contributed by atoms with Gasteiger partial charge in [0, 0.05) is 32.4 Å². The molecule has 0 bridgehead atoms. The summed E-state index contributed by atoms with van der Waals surface area (Å²) in [4.78, 5) is 14.3. The average Bonchev–Trinajstić information content (AvgIpc) is 3.06. The second-order valence-corrected chi connectivity index (χ2v) is 6.17. The maximum absolute atomic E-state index is 13.9. The smallest absolute Gasteiger partial charge is 0.191 e. The minimum absolute atomic E-state index is 0. The Bertz CT molecular complexity index is 781. The van der Waals surface area contributed by atoms with Gasteiger partial charge < -0.3 is 15.5 Å². The number of benzene rings is 1. The van der Waals surface area contributed by atoms with E-state index in [1.165, 1.54) is 18.2 Å². The van der Waals surface area contributed by atoms with E-state index in [0.29, 0.717) is 31.4 Å². The van der Waals surface area contributed by atoms with Crippen molar-refractivity contribution in [1.29, 1.82) is 0 Å². The molecule has 0 aliphatic carbocycles. The molecule has 27 heavy (non-hydrogen) atoms. The van der Waals surface area contributed by atoms with Gasteiger partial charge in [-0.3, -0.25) is 4.99 Å². The van der Waals surface area contributed by atoms with Gasteiger partial charge in [-0.05, 0) is 31.5 Å². The lowest BCUT2D eigenvalue weighted by molar-refractivity contribution is 0.576. The molecule has 146 valence electrons. The van der Waals surface area contributed by atoms with Crippen LogP contribution in [0.4, 0.5) is 14.5 Å². The Morgan fingerprint density at radius 1 is 1.30 bits per heavy atom. The van der Waals surface area contributed by atoms with E-state index in [2.05, 4.69) is 25.6 Å². The Kier molecular flexibility index (Phi) is 7.69. The first kappa shape index (κ1) is 21.3. The highest BCUT2D eigenvalue weighted by Crippen LogP contribution is 2.26. The van der Waals surface area contributed by atoms with Gasteiger partial charge in [0.2, 0.25) is 0 Å². The number of rotatable bonds is 4. The van der Waals surface area contributed by atoms with Gasteiger partial charge in [-0.25, -0.2) is 18.7 Å². The SMILES string of the molecule is CN=C(NCc1ccnc(C)n1)NC1CCN(c2c(F)cccc2F)C1.I. The minimum Gasteiger partial charge on any atom is -0.365 e. The standard InChI is InChI=1S/C18H22F2N6.HI/c1-12-22-8-6-13(24-12)10-23-18(21-2)25-14-7-9-26(11-14)17-15(19)4-3-5-16(17)20;/h3-6,8,14H,7,9-11H2,1-2H3,(H2,21,23,25);1H. The molecule has 1 aromatic carbocycles. The fourth-order valence-electron chi connectivity index (χ4n) is 3.04. The summed E-state index contributed by atoms with van der Waals surface area (Å²) in [6.07, 6.45) is 2.48. The predicted molar refractivity (Wildman–Crippen MR) is 112 cm³/mol. The molecule has 1 unspecified atom stereocenters. The van der Waals surface area contributed by atoms with Gasteiger partial charge in [-0.2, -0.15) is 0 Å². The van der Waals surface area contributed by atoms with E-state index in [-0.39, 0.29) is 35.7 Å². The van der Waals surface area contributed by atoms with Gasteiger partial charge in [-0.1, -0.05) is 6.07 Å². The predicted octanol–water partition coefficient (Wildman–Crippen LogP) is 2.63. The second kappa shape index (κ2) is 9.77. The Balaban J connectivity index is 0.00000261. The maximum Gasteiger partial charge on any atom is 0.191 e. The molecule has 1 aliphatic heterocycles. The molecule has 0 radical (unpaired) electrons. The number of nitrogens with one attached hydrogen (secondary N) is 2. The van der Waals surface area contributed by atoms with Gasteiger partial charge in [-0.15, -0.1) is 24.0 Å². The van der Waals surface area contributed by atoms with Crippen molar-refractivity contribution in [1.82, 2.24) is 20.6 Å².